The maximum Gasteiger partial charge on any atom is 3.00 e. The average Bonchev–Trinajstić information content (AvgIpc) is 3.22. The van der Waals surface area contributed by atoms with E-state index in [9.17, 15) is 29.7 Å². The van der Waals surface area contributed by atoms with Crippen molar-refractivity contribution in [2.75, 3.05) is 0 Å². The van der Waals surface area contributed by atoms with E-state index in [4.69, 9.17) is 0 Å². The molecule has 0 aliphatic carbocycles. The largest absolute Gasteiger partial charge is 3.00 e. The van der Waals surface area contributed by atoms with Gasteiger partial charge in [-0.05, 0) is 116 Å². The molecule has 7 heteroatoms. The molecule has 0 unspecified atom stereocenters. The van der Waals surface area contributed by atoms with Gasteiger partial charge in [0, 0.05) is 17.9 Å². The van der Waals surface area contributed by atoms with E-state index >= 15 is 0 Å². The second-order valence-corrected chi connectivity index (χ2v) is 17.1. The molecule has 0 saturated heterocycles. The van der Waals surface area contributed by atoms with Crippen LogP contribution in [0.4, 0.5) is 0 Å². The van der Waals surface area contributed by atoms with Gasteiger partial charge in [0.2, 0.25) is 0 Å². The zero-order valence-electron chi connectivity index (χ0n) is 40.5. The first-order chi connectivity index (χ1) is 29.3. The van der Waals surface area contributed by atoms with Crippen molar-refractivity contribution >= 4 is 17.9 Å². The minimum Gasteiger partial charge on any atom is -0.550 e. The summed E-state index contributed by atoms with van der Waals surface area (Å²) < 4.78 is 0. The molecule has 0 heterocycles. The third-order valence-electron chi connectivity index (χ3n) is 10.9. The van der Waals surface area contributed by atoms with Crippen LogP contribution in [-0.4, -0.2) is 17.9 Å². The molecule has 0 spiro atoms. The molecular formula is C54H99CrO6. The van der Waals surface area contributed by atoms with Gasteiger partial charge >= 0.3 is 17.4 Å². The first kappa shape index (κ1) is 65.8. The minimum atomic E-state index is -0.914. The molecule has 0 aromatic rings. The van der Waals surface area contributed by atoms with Crippen LogP contribution in [0.15, 0.2) is 36.5 Å². The Hall–Kier alpha value is -1.84. The van der Waals surface area contributed by atoms with Crippen LogP contribution in [-0.2, 0) is 31.7 Å². The van der Waals surface area contributed by atoms with Gasteiger partial charge in [-0.15, -0.1) is 0 Å². The predicted octanol–water partition coefficient (Wildman–Crippen LogP) is 14.3. The summed E-state index contributed by atoms with van der Waals surface area (Å²) in [5, 5.41) is 30.6. The number of allylic oxidation sites excluding steroid dienone is 6. The predicted molar refractivity (Wildman–Crippen MR) is 253 cm³/mol. The molecule has 0 atom stereocenters. The smallest absolute Gasteiger partial charge is 0.550 e. The Kier molecular flexibility index (Phi) is 67.3. The average molecular weight is 896 g/mol. The molecule has 0 bridgehead atoms. The van der Waals surface area contributed by atoms with E-state index in [0.717, 1.165) is 57.8 Å². The van der Waals surface area contributed by atoms with Gasteiger partial charge in [0.1, 0.15) is 0 Å². The molecular weight excluding hydrogens is 797 g/mol. The van der Waals surface area contributed by atoms with Gasteiger partial charge in [-0.1, -0.05) is 211 Å². The number of hydrogen-bond acceptors (Lipinski definition) is 6. The number of hydrogen-bond donors (Lipinski definition) is 0. The zero-order chi connectivity index (χ0) is 44.7. The summed E-state index contributed by atoms with van der Waals surface area (Å²) in [6.07, 6.45) is 62.7. The number of carbonyl (C=O) groups is 3. The Balaban J connectivity index is -0.000000396. The SMILES string of the molecule is CCCCCCCCC=CCCCCCCCC(=O)[O-].CCCCCCCCC=CCCCCCCCC(=O)[O-].CCCCCCCCC=CCCCCCCCC(=O)[O-].[Cr+3]. The van der Waals surface area contributed by atoms with E-state index in [2.05, 4.69) is 57.2 Å². The molecule has 0 aromatic carbocycles. The van der Waals surface area contributed by atoms with Gasteiger partial charge in [-0.25, -0.2) is 0 Å². The normalized spacial score (nSPS) is 11.1. The summed E-state index contributed by atoms with van der Waals surface area (Å²) >= 11 is 0. The quantitative estimate of drug-likeness (QED) is 0.0443. The number of unbranched alkanes of at least 4 members (excludes halogenated alkanes) is 33. The third-order valence-corrected chi connectivity index (χ3v) is 10.9. The summed E-state index contributed by atoms with van der Waals surface area (Å²) in [4.78, 5) is 30.6. The van der Waals surface area contributed by atoms with Crippen LogP contribution in [0, 0.1) is 0 Å². The van der Waals surface area contributed by atoms with E-state index in [1.165, 1.54) is 193 Å². The van der Waals surface area contributed by atoms with Crippen molar-refractivity contribution in [3.05, 3.63) is 36.5 Å². The van der Waals surface area contributed by atoms with Crippen LogP contribution in [0.3, 0.4) is 0 Å². The van der Waals surface area contributed by atoms with Crippen molar-refractivity contribution in [1.29, 1.82) is 0 Å². The number of carboxylic acid groups (broad SMARTS) is 3. The summed E-state index contributed by atoms with van der Waals surface area (Å²) in [6, 6.07) is 0. The van der Waals surface area contributed by atoms with Gasteiger partial charge in [-0.2, -0.15) is 0 Å². The van der Waals surface area contributed by atoms with Crippen LogP contribution in [0.2, 0.25) is 0 Å². The molecule has 0 aromatic heterocycles. The first-order valence-electron chi connectivity index (χ1n) is 25.9. The van der Waals surface area contributed by atoms with Gasteiger partial charge in [0.15, 0.2) is 0 Å². The van der Waals surface area contributed by atoms with E-state index in [0.29, 0.717) is 0 Å². The Labute approximate surface area is 390 Å². The van der Waals surface area contributed by atoms with E-state index in [-0.39, 0.29) is 36.6 Å². The van der Waals surface area contributed by atoms with E-state index in [1.807, 2.05) is 0 Å². The van der Waals surface area contributed by atoms with Crippen LogP contribution in [0.25, 0.3) is 0 Å². The first-order valence-corrected chi connectivity index (χ1v) is 25.9. The second kappa shape index (κ2) is 62.5. The summed E-state index contributed by atoms with van der Waals surface area (Å²) in [5.41, 5.74) is 0. The molecule has 0 amide bonds. The van der Waals surface area contributed by atoms with Crippen LogP contribution >= 0.6 is 0 Å². The second-order valence-electron chi connectivity index (χ2n) is 17.1. The molecule has 61 heavy (non-hydrogen) atoms. The molecule has 1 radical (unpaired) electrons. The zero-order valence-corrected chi connectivity index (χ0v) is 41.8. The van der Waals surface area contributed by atoms with Gasteiger partial charge in [-0.3, -0.25) is 0 Å². The summed E-state index contributed by atoms with van der Waals surface area (Å²) in [6.45, 7) is 6.77. The molecule has 0 aliphatic heterocycles. The van der Waals surface area contributed by atoms with E-state index < -0.39 is 17.9 Å². The number of carboxylic acids is 3. The maximum absolute atomic E-state index is 10.2. The Morgan fingerprint density at radius 1 is 0.262 bits per heavy atom. The maximum atomic E-state index is 10.2. The Morgan fingerprint density at radius 3 is 0.574 bits per heavy atom. The monoisotopic (exact) mass is 896 g/mol. The van der Waals surface area contributed by atoms with Crippen LogP contribution in [0.5, 0.6) is 0 Å². The van der Waals surface area contributed by atoms with Gasteiger partial charge in [0.25, 0.3) is 0 Å². The summed E-state index contributed by atoms with van der Waals surface area (Å²) in [5.74, 6) is -2.74. The molecule has 357 valence electrons. The third kappa shape index (κ3) is 75.9. The van der Waals surface area contributed by atoms with Crippen molar-refractivity contribution < 1.29 is 47.1 Å². The summed E-state index contributed by atoms with van der Waals surface area (Å²) in [7, 11) is 0. The molecule has 6 nitrogen and oxygen atoms in total. The number of rotatable bonds is 45. The van der Waals surface area contributed by atoms with Crippen molar-refractivity contribution in [2.24, 2.45) is 0 Å². The number of carbonyl (C=O) groups excluding carboxylic acids is 3. The Bertz CT molecular complexity index is 827. The topological polar surface area (TPSA) is 120 Å². The fourth-order valence-electron chi connectivity index (χ4n) is 7.02. The van der Waals surface area contributed by atoms with Crippen molar-refractivity contribution in [3.63, 3.8) is 0 Å². The molecule has 0 fully saturated rings. The fraction of sp³-hybridized carbons (Fsp3) is 0.833. The van der Waals surface area contributed by atoms with Crippen molar-refractivity contribution in [3.8, 4) is 0 Å². The van der Waals surface area contributed by atoms with Crippen LogP contribution in [0.1, 0.15) is 290 Å². The molecule has 0 rings (SSSR count). The molecule has 0 saturated carbocycles. The van der Waals surface area contributed by atoms with Crippen molar-refractivity contribution in [1.82, 2.24) is 0 Å². The van der Waals surface area contributed by atoms with Gasteiger partial charge < -0.3 is 29.7 Å². The van der Waals surface area contributed by atoms with Gasteiger partial charge in [0.05, 0.1) is 0 Å². The Morgan fingerprint density at radius 2 is 0.410 bits per heavy atom. The fourth-order valence-corrected chi connectivity index (χ4v) is 7.02. The molecule has 0 aliphatic rings. The minimum absolute atomic E-state index is 0. The van der Waals surface area contributed by atoms with Crippen LogP contribution < -0.4 is 15.3 Å². The van der Waals surface area contributed by atoms with E-state index in [1.54, 1.807) is 0 Å². The standard InChI is InChI=1S/3C18H34O2.Cr/c3*1-2-3-4-5-6-7-8-9-10-11-12-13-14-15-16-17-18(19)20;/h3*9-10H,2-8,11-17H2,1H3,(H,19,20);/q;;;+3/p-3. The number of aliphatic carboxylic acids is 3. The molecule has 0 N–H and O–H groups in total. The van der Waals surface area contributed by atoms with Crippen molar-refractivity contribution in [2.45, 2.75) is 290 Å².